The van der Waals surface area contributed by atoms with Gasteiger partial charge in [-0.05, 0) is 37.6 Å². The van der Waals surface area contributed by atoms with Crippen molar-refractivity contribution in [2.24, 2.45) is 0 Å². The maximum Gasteiger partial charge on any atom is 0.119 e. The van der Waals surface area contributed by atoms with Gasteiger partial charge in [-0.2, -0.15) is 0 Å². The van der Waals surface area contributed by atoms with Crippen LogP contribution in [0.4, 0.5) is 0 Å². The minimum absolute atomic E-state index is 0.454. The molecule has 1 aromatic carbocycles. The first kappa shape index (κ1) is 13.0. The molecule has 2 nitrogen and oxygen atoms in total. The van der Waals surface area contributed by atoms with Crippen LogP contribution in [0.25, 0.3) is 0 Å². The van der Waals surface area contributed by atoms with E-state index >= 15 is 0 Å². The lowest BCUT2D eigenvalue weighted by Gasteiger charge is -2.16. The quantitative estimate of drug-likeness (QED) is 0.764. The summed E-state index contributed by atoms with van der Waals surface area (Å²) in [6, 6.07) is 8.79. The third-order valence-electron chi connectivity index (χ3n) is 2.80. The lowest BCUT2D eigenvalue weighted by atomic mass is 10.1. The summed E-state index contributed by atoms with van der Waals surface area (Å²) < 4.78 is 5.79. The second-order valence-corrected chi connectivity index (χ2v) is 4.09. The van der Waals surface area contributed by atoms with Gasteiger partial charge in [0.25, 0.3) is 0 Å². The molecule has 16 heavy (non-hydrogen) atoms. The average Bonchev–Trinajstić information content (AvgIpc) is 2.34. The minimum atomic E-state index is 0.454. The molecule has 1 rings (SSSR count). The van der Waals surface area contributed by atoms with Gasteiger partial charge in [-0.3, -0.25) is 0 Å². The van der Waals surface area contributed by atoms with E-state index in [4.69, 9.17) is 4.74 Å². The van der Waals surface area contributed by atoms with Crippen molar-refractivity contribution in [3.05, 3.63) is 29.8 Å². The first-order chi connectivity index (χ1) is 7.80. The topological polar surface area (TPSA) is 21.3 Å². The normalized spacial score (nSPS) is 12.4. The highest BCUT2D eigenvalue weighted by Crippen LogP contribution is 2.14. The summed E-state index contributed by atoms with van der Waals surface area (Å²) in [4.78, 5) is 0. The Kier molecular flexibility index (Phi) is 5.94. The van der Waals surface area contributed by atoms with Gasteiger partial charge in [0, 0.05) is 6.04 Å². The van der Waals surface area contributed by atoms with E-state index < -0.39 is 0 Å². The Balaban J connectivity index is 2.46. The van der Waals surface area contributed by atoms with E-state index in [0.29, 0.717) is 6.04 Å². The van der Waals surface area contributed by atoms with Crippen molar-refractivity contribution in [2.75, 3.05) is 13.7 Å². The lowest BCUT2D eigenvalue weighted by molar-refractivity contribution is 0.262. The predicted octanol–water partition coefficient (Wildman–Crippen LogP) is 3.02. The summed E-state index contributed by atoms with van der Waals surface area (Å²) in [5, 5.41) is 3.28. The van der Waals surface area contributed by atoms with Crippen molar-refractivity contribution in [1.29, 1.82) is 0 Å². The number of rotatable bonds is 7. The van der Waals surface area contributed by atoms with Gasteiger partial charge in [0.2, 0.25) is 0 Å². The third kappa shape index (κ3) is 4.23. The van der Waals surface area contributed by atoms with Crippen LogP contribution in [0, 0.1) is 0 Å². The van der Waals surface area contributed by atoms with Crippen LogP contribution in [-0.4, -0.2) is 19.7 Å². The number of ether oxygens (including phenoxy) is 1. The smallest absolute Gasteiger partial charge is 0.119 e. The summed E-state index contributed by atoms with van der Waals surface area (Å²) in [5.41, 5.74) is 1.33. The van der Waals surface area contributed by atoms with Crippen molar-refractivity contribution in [1.82, 2.24) is 5.32 Å². The first-order valence-corrected chi connectivity index (χ1v) is 6.19. The van der Waals surface area contributed by atoms with E-state index in [2.05, 4.69) is 37.4 Å². The third-order valence-corrected chi connectivity index (χ3v) is 2.80. The van der Waals surface area contributed by atoms with Gasteiger partial charge in [0.05, 0.1) is 0 Å². The van der Waals surface area contributed by atoms with Crippen molar-refractivity contribution in [3.8, 4) is 5.75 Å². The average molecular weight is 221 g/mol. The molecule has 0 saturated heterocycles. The highest BCUT2D eigenvalue weighted by atomic mass is 16.5. The maximum absolute atomic E-state index is 5.79. The van der Waals surface area contributed by atoms with E-state index in [9.17, 15) is 0 Å². The molecule has 0 aromatic heterocycles. The van der Waals surface area contributed by atoms with Crippen molar-refractivity contribution in [3.63, 3.8) is 0 Å². The number of benzene rings is 1. The van der Waals surface area contributed by atoms with Crippen LogP contribution in [0.3, 0.4) is 0 Å². The van der Waals surface area contributed by atoms with Gasteiger partial charge in [-0.1, -0.05) is 32.4 Å². The zero-order chi connectivity index (χ0) is 11.8. The van der Waals surface area contributed by atoms with Gasteiger partial charge in [-0.15, -0.1) is 0 Å². The molecule has 0 spiro atoms. The summed E-state index contributed by atoms with van der Waals surface area (Å²) in [5.74, 6) is 0.982. The van der Waals surface area contributed by atoms with Gasteiger partial charge < -0.3 is 10.1 Å². The second kappa shape index (κ2) is 7.29. The maximum atomic E-state index is 5.79. The fourth-order valence-electron chi connectivity index (χ4n) is 1.71. The Morgan fingerprint density at radius 2 is 2.12 bits per heavy atom. The molecular formula is C14H23NO. The molecule has 0 bridgehead atoms. The van der Waals surface area contributed by atoms with Gasteiger partial charge in [0.15, 0.2) is 0 Å². The molecule has 0 aliphatic heterocycles. The molecule has 0 fully saturated rings. The number of likely N-dealkylation sites (N-methyl/N-ethyl adjacent to an activating group) is 1. The second-order valence-electron chi connectivity index (χ2n) is 4.09. The largest absolute Gasteiger partial charge is 0.492 e. The van der Waals surface area contributed by atoms with Gasteiger partial charge >= 0.3 is 0 Å². The van der Waals surface area contributed by atoms with Crippen LogP contribution >= 0.6 is 0 Å². The summed E-state index contributed by atoms with van der Waals surface area (Å²) >= 11 is 0. The van der Waals surface area contributed by atoms with Crippen molar-refractivity contribution >= 4 is 0 Å². The molecule has 2 heteroatoms. The summed E-state index contributed by atoms with van der Waals surface area (Å²) in [7, 11) is 1.99. The molecule has 90 valence electrons. The Morgan fingerprint density at radius 1 is 1.31 bits per heavy atom. The van der Waals surface area contributed by atoms with Gasteiger partial charge in [0.1, 0.15) is 12.4 Å². The number of aryl methyl sites for hydroxylation is 1. The summed E-state index contributed by atoms with van der Waals surface area (Å²) in [6.07, 6.45) is 3.40. The number of hydrogen-bond acceptors (Lipinski definition) is 2. The number of hydrogen-bond donors (Lipinski definition) is 1. The van der Waals surface area contributed by atoms with Crippen LogP contribution in [0.5, 0.6) is 5.75 Å². The molecular weight excluding hydrogens is 198 g/mol. The molecule has 0 amide bonds. The molecule has 0 aliphatic carbocycles. The van der Waals surface area contributed by atoms with E-state index in [0.717, 1.165) is 25.2 Å². The Morgan fingerprint density at radius 3 is 2.75 bits per heavy atom. The highest BCUT2D eigenvalue weighted by molar-refractivity contribution is 5.28. The van der Waals surface area contributed by atoms with Crippen LogP contribution in [0.1, 0.15) is 32.3 Å². The molecule has 0 saturated carbocycles. The Hall–Kier alpha value is -1.02. The minimum Gasteiger partial charge on any atom is -0.492 e. The Labute approximate surface area is 99.0 Å². The van der Waals surface area contributed by atoms with E-state index in [1.807, 2.05) is 13.1 Å². The zero-order valence-corrected chi connectivity index (χ0v) is 10.6. The first-order valence-electron chi connectivity index (χ1n) is 6.19. The molecule has 1 atom stereocenters. The molecule has 0 aliphatic rings. The molecule has 1 N–H and O–H groups in total. The molecule has 1 aromatic rings. The van der Waals surface area contributed by atoms with Crippen LogP contribution < -0.4 is 10.1 Å². The van der Waals surface area contributed by atoms with Crippen LogP contribution in [0.15, 0.2) is 24.3 Å². The molecule has 0 radical (unpaired) electrons. The van der Waals surface area contributed by atoms with Crippen molar-refractivity contribution in [2.45, 2.75) is 39.2 Å². The zero-order valence-electron chi connectivity index (χ0n) is 10.6. The SMILES string of the molecule is CCCC(COc1cccc(CC)c1)NC. The van der Waals surface area contributed by atoms with Gasteiger partial charge in [-0.25, -0.2) is 0 Å². The fraction of sp³-hybridized carbons (Fsp3) is 0.571. The van der Waals surface area contributed by atoms with E-state index in [1.165, 1.54) is 12.0 Å². The predicted molar refractivity (Wildman–Crippen MR) is 69.1 cm³/mol. The standard InChI is InChI=1S/C14H23NO/c1-4-7-13(15-3)11-16-14-9-6-8-12(5-2)10-14/h6,8-10,13,15H,4-5,7,11H2,1-3H3. The monoisotopic (exact) mass is 221 g/mol. The van der Waals surface area contributed by atoms with E-state index in [-0.39, 0.29) is 0 Å². The number of nitrogens with one attached hydrogen (secondary N) is 1. The van der Waals surface area contributed by atoms with Crippen LogP contribution in [-0.2, 0) is 6.42 Å². The Bertz CT molecular complexity index is 299. The molecule has 1 unspecified atom stereocenters. The summed E-state index contributed by atoms with van der Waals surface area (Å²) in [6.45, 7) is 5.10. The molecule has 0 heterocycles. The lowest BCUT2D eigenvalue weighted by Crippen LogP contribution is -2.31. The van der Waals surface area contributed by atoms with Crippen LogP contribution in [0.2, 0.25) is 0 Å². The highest BCUT2D eigenvalue weighted by Gasteiger charge is 2.05. The fourth-order valence-corrected chi connectivity index (χ4v) is 1.71. The van der Waals surface area contributed by atoms with E-state index in [1.54, 1.807) is 0 Å². The van der Waals surface area contributed by atoms with Crippen molar-refractivity contribution < 1.29 is 4.74 Å².